The van der Waals surface area contributed by atoms with Crippen molar-refractivity contribution in [1.29, 1.82) is 0 Å². The first-order chi connectivity index (χ1) is 9.46. The van der Waals surface area contributed by atoms with Crippen LogP contribution in [0, 0.1) is 0 Å². The van der Waals surface area contributed by atoms with E-state index >= 15 is 0 Å². The Bertz CT molecular complexity index is 575. The molecular formula is C13H19ClN2O3S. The highest BCUT2D eigenvalue weighted by Crippen LogP contribution is 2.31. The number of anilines is 1. The molecule has 0 amide bonds. The van der Waals surface area contributed by atoms with Crippen LogP contribution in [0.4, 0.5) is 5.69 Å². The molecule has 112 valence electrons. The lowest BCUT2D eigenvalue weighted by Crippen LogP contribution is -2.44. The van der Waals surface area contributed by atoms with Crippen molar-refractivity contribution >= 4 is 27.3 Å². The molecule has 0 spiro atoms. The highest BCUT2D eigenvalue weighted by Gasteiger charge is 2.34. The van der Waals surface area contributed by atoms with Crippen molar-refractivity contribution in [2.45, 2.75) is 36.6 Å². The molecule has 3 N–H and O–H groups in total. The molecule has 2 rings (SSSR count). The van der Waals surface area contributed by atoms with E-state index in [1.54, 1.807) is 6.07 Å². The SMILES string of the molecule is Nc1ccc(Cl)c(S(=O)(=O)N2CCCCC2CCO)c1. The molecule has 5 nitrogen and oxygen atoms in total. The Balaban J connectivity index is 2.39. The fourth-order valence-corrected chi connectivity index (χ4v) is 4.81. The van der Waals surface area contributed by atoms with Crippen LogP contribution in [0.1, 0.15) is 25.7 Å². The van der Waals surface area contributed by atoms with Gasteiger partial charge in [-0.25, -0.2) is 8.42 Å². The zero-order chi connectivity index (χ0) is 14.8. The van der Waals surface area contributed by atoms with E-state index in [0.717, 1.165) is 19.3 Å². The molecule has 0 radical (unpaired) electrons. The largest absolute Gasteiger partial charge is 0.399 e. The van der Waals surface area contributed by atoms with E-state index in [1.807, 2.05) is 0 Å². The summed E-state index contributed by atoms with van der Waals surface area (Å²) >= 11 is 6.01. The van der Waals surface area contributed by atoms with Gasteiger partial charge in [0.15, 0.2) is 0 Å². The minimum atomic E-state index is -3.68. The highest BCUT2D eigenvalue weighted by atomic mass is 35.5. The first kappa shape index (κ1) is 15.6. The highest BCUT2D eigenvalue weighted by molar-refractivity contribution is 7.89. The molecule has 1 aliphatic heterocycles. The Morgan fingerprint density at radius 1 is 1.40 bits per heavy atom. The van der Waals surface area contributed by atoms with E-state index < -0.39 is 10.0 Å². The number of aliphatic hydroxyl groups excluding tert-OH is 1. The predicted molar refractivity (Wildman–Crippen MR) is 79.1 cm³/mol. The Hall–Kier alpha value is -0.820. The van der Waals surface area contributed by atoms with Crippen LogP contribution in [0.25, 0.3) is 0 Å². The molecular weight excluding hydrogens is 300 g/mol. The van der Waals surface area contributed by atoms with Crippen LogP contribution in [0.2, 0.25) is 5.02 Å². The van der Waals surface area contributed by atoms with Crippen LogP contribution >= 0.6 is 11.6 Å². The van der Waals surface area contributed by atoms with Gasteiger partial charge in [-0.3, -0.25) is 0 Å². The molecule has 0 saturated carbocycles. The van der Waals surface area contributed by atoms with Crippen LogP contribution in [-0.2, 0) is 10.0 Å². The average molecular weight is 319 g/mol. The number of sulfonamides is 1. The lowest BCUT2D eigenvalue weighted by Gasteiger charge is -2.34. The van der Waals surface area contributed by atoms with Gasteiger partial charge in [0.25, 0.3) is 0 Å². The third-order valence-electron chi connectivity index (χ3n) is 3.58. The summed E-state index contributed by atoms with van der Waals surface area (Å²) in [6.45, 7) is 0.430. The molecule has 20 heavy (non-hydrogen) atoms. The number of piperidine rings is 1. The van der Waals surface area contributed by atoms with Gasteiger partial charge in [0.2, 0.25) is 10.0 Å². The first-order valence-corrected chi connectivity index (χ1v) is 8.46. The maximum absolute atomic E-state index is 12.7. The van der Waals surface area contributed by atoms with Gasteiger partial charge in [0.05, 0.1) is 5.02 Å². The molecule has 1 heterocycles. The molecule has 1 fully saturated rings. The van der Waals surface area contributed by atoms with Gasteiger partial charge < -0.3 is 10.8 Å². The van der Waals surface area contributed by atoms with Crippen molar-refractivity contribution < 1.29 is 13.5 Å². The van der Waals surface area contributed by atoms with Gasteiger partial charge in [0, 0.05) is 24.9 Å². The average Bonchev–Trinajstić information content (AvgIpc) is 2.42. The molecule has 1 aliphatic rings. The van der Waals surface area contributed by atoms with Crippen molar-refractivity contribution in [3.63, 3.8) is 0 Å². The molecule has 1 unspecified atom stereocenters. The van der Waals surface area contributed by atoms with Crippen LogP contribution in [0.15, 0.2) is 23.1 Å². The number of rotatable bonds is 4. The lowest BCUT2D eigenvalue weighted by molar-refractivity contribution is 0.192. The molecule has 0 bridgehead atoms. The molecule has 1 saturated heterocycles. The van der Waals surface area contributed by atoms with Crippen molar-refractivity contribution in [2.75, 3.05) is 18.9 Å². The Labute approximate surface area is 124 Å². The minimum absolute atomic E-state index is 0.0264. The molecule has 0 aromatic heterocycles. The standard InChI is InChI=1S/C13H19ClN2O3S/c14-12-5-4-10(15)9-13(12)20(18,19)16-7-2-1-3-11(16)6-8-17/h4-5,9,11,17H,1-3,6-8,15H2. The van der Waals surface area contributed by atoms with E-state index in [9.17, 15) is 8.42 Å². The Morgan fingerprint density at radius 3 is 2.85 bits per heavy atom. The van der Waals surface area contributed by atoms with Gasteiger partial charge in [-0.2, -0.15) is 4.31 Å². The monoisotopic (exact) mass is 318 g/mol. The number of nitrogen functional groups attached to an aromatic ring is 1. The summed E-state index contributed by atoms with van der Waals surface area (Å²) in [6.07, 6.45) is 3.00. The van der Waals surface area contributed by atoms with Gasteiger partial charge >= 0.3 is 0 Å². The first-order valence-electron chi connectivity index (χ1n) is 6.64. The molecule has 1 aromatic rings. The third-order valence-corrected chi connectivity index (χ3v) is 6.01. The van der Waals surface area contributed by atoms with Crippen LogP contribution in [0.3, 0.4) is 0 Å². The topological polar surface area (TPSA) is 83.6 Å². The summed E-state index contributed by atoms with van der Waals surface area (Å²) < 4.78 is 27.0. The number of aliphatic hydroxyl groups is 1. The minimum Gasteiger partial charge on any atom is -0.399 e. The van der Waals surface area contributed by atoms with E-state index in [-0.39, 0.29) is 22.6 Å². The number of benzene rings is 1. The third kappa shape index (κ3) is 3.09. The Kier molecular flexibility index (Phi) is 4.90. The normalized spacial score (nSPS) is 21.0. The van der Waals surface area contributed by atoms with Gasteiger partial charge in [-0.15, -0.1) is 0 Å². The fraction of sp³-hybridized carbons (Fsp3) is 0.538. The molecule has 0 aliphatic carbocycles. The summed E-state index contributed by atoms with van der Waals surface area (Å²) in [7, 11) is -3.68. The van der Waals surface area contributed by atoms with Crippen molar-refractivity contribution in [3.05, 3.63) is 23.2 Å². The van der Waals surface area contributed by atoms with Crippen LogP contribution in [-0.4, -0.2) is 37.0 Å². The number of nitrogens with zero attached hydrogens (tertiary/aromatic N) is 1. The van der Waals surface area contributed by atoms with Gasteiger partial charge in [-0.1, -0.05) is 18.0 Å². The lowest BCUT2D eigenvalue weighted by atomic mass is 10.0. The smallest absolute Gasteiger partial charge is 0.244 e. The van der Waals surface area contributed by atoms with Crippen molar-refractivity contribution in [2.24, 2.45) is 0 Å². The summed E-state index contributed by atoms with van der Waals surface area (Å²) in [5.41, 5.74) is 6.03. The van der Waals surface area contributed by atoms with E-state index in [4.69, 9.17) is 22.4 Å². The van der Waals surface area contributed by atoms with Crippen LogP contribution < -0.4 is 5.73 Å². The summed E-state index contributed by atoms with van der Waals surface area (Å²) in [6, 6.07) is 4.29. The van der Waals surface area contributed by atoms with Gasteiger partial charge in [-0.05, 0) is 37.5 Å². The quantitative estimate of drug-likeness (QED) is 0.830. The summed E-state index contributed by atoms with van der Waals surface area (Å²) in [4.78, 5) is 0.0454. The second-order valence-electron chi connectivity index (χ2n) is 4.97. The van der Waals surface area contributed by atoms with Gasteiger partial charge in [0.1, 0.15) is 4.90 Å². The van der Waals surface area contributed by atoms with E-state index in [2.05, 4.69) is 0 Å². The molecule has 1 atom stereocenters. The molecule has 1 aromatic carbocycles. The Morgan fingerprint density at radius 2 is 2.15 bits per heavy atom. The van der Waals surface area contributed by atoms with E-state index in [0.29, 0.717) is 18.7 Å². The molecule has 7 heteroatoms. The zero-order valence-electron chi connectivity index (χ0n) is 11.1. The summed E-state index contributed by atoms with van der Waals surface area (Å²) in [5, 5.41) is 9.28. The fourth-order valence-electron chi connectivity index (χ4n) is 2.57. The van der Waals surface area contributed by atoms with Crippen molar-refractivity contribution in [1.82, 2.24) is 4.31 Å². The maximum Gasteiger partial charge on any atom is 0.244 e. The van der Waals surface area contributed by atoms with Crippen molar-refractivity contribution in [3.8, 4) is 0 Å². The maximum atomic E-state index is 12.7. The van der Waals surface area contributed by atoms with E-state index in [1.165, 1.54) is 16.4 Å². The predicted octanol–water partition coefficient (Wildman–Crippen LogP) is 1.85. The second kappa shape index (κ2) is 6.30. The number of nitrogens with two attached hydrogens (primary N) is 1. The summed E-state index contributed by atoms with van der Waals surface area (Å²) in [5.74, 6) is 0. The number of hydrogen-bond acceptors (Lipinski definition) is 4. The number of hydrogen-bond donors (Lipinski definition) is 2. The second-order valence-corrected chi connectivity index (χ2v) is 7.23. The van der Waals surface area contributed by atoms with Crippen LogP contribution in [0.5, 0.6) is 0 Å². The zero-order valence-corrected chi connectivity index (χ0v) is 12.7. The number of halogens is 1.